The van der Waals surface area contributed by atoms with E-state index in [2.05, 4.69) is 19.2 Å². The Morgan fingerprint density at radius 2 is 1.94 bits per heavy atom. The summed E-state index contributed by atoms with van der Waals surface area (Å²) in [5, 5.41) is 3.43. The molecule has 1 fully saturated rings. The van der Waals surface area contributed by atoms with Gasteiger partial charge in [-0.1, -0.05) is 19.8 Å². The van der Waals surface area contributed by atoms with Crippen molar-refractivity contribution < 1.29 is 9.47 Å². The Morgan fingerprint density at radius 3 is 2.50 bits per heavy atom. The number of nitrogens with one attached hydrogen (secondary N) is 1. The molecule has 0 bridgehead atoms. The molecule has 1 saturated carbocycles. The van der Waals surface area contributed by atoms with Crippen LogP contribution in [0.3, 0.4) is 0 Å². The van der Waals surface area contributed by atoms with Gasteiger partial charge in [0, 0.05) is 13.2 Å². The molecule has 3 nitrogen and oxygen atoms in total. The third-order valence-electron chi connectivity index (χ3n) is 3.22. The number of likely N-dealkylation sites (N-methyl/N-ethyl adjacent to an activating group) is 1. The summed E-state index contributed by atoms with van der Waals surface area (Å²) < 4.78 is 11.6. The normalized spacial score (nSPS) is 21.2. The van der Waals surface area contributed by atoms with Gasteiger partial charge >= 0.3 is 0 Å². The summed E-state index contributed by atoms with van der Waals surface area (Å²) in [7, 11) is 0. The highest BCUT2D eigenvalue weighted by Crippen LogP contribution is 2.33. The lowest BCUT2D eigenvalue weighted by molar-refractivity contribution is -0.106. The quantitative estimate of drug-likeness (QED) is 0.693. The Balaban J connectivity index is 2.37. The van der Waals surface area contributed by atoms with Gasteiger partial charge in [-0.15, -0.1) is 0 Å². The number of hydrogen-bond acceptors (Lipinski definition) is 3. The summed E-state index contributed by atoms with van der Waals surface area (Å²) in [5.74, 6) is 0. The van der Waals surface area contributed by atoms with E-state index in [4.69, 9.17) is 9.47 Å². The fourth-order valence-corrected chi connectivity index (χ4v) is 2.45. The van der Waals surface area contributed by atoms with Crippen LogP contribution >= 0.6 is 0 Å². The number of ether oxygens (including phenoxy) is 2. The van der Waals surface area contributed by atoms with Crippen LogP contribution in [-0.2, 0) is 9.47 Å². The lowest BCUT2D eigenvalue weighted by atomic mass is 10.0. The average molecular weight is 229 g/mol. The number of hydrogen-bond donors (Lipinski definition) is 1. The zero-order valence-corrected chi connectivity index (χ0v) is 11.1. The van der Waals surface area contributed by atoms with Gasteiger partial charge in [0.05, 0.1) is 18.3 Å². The topological polar surface area (TPSA) is 30.5 Å². The minimum atomic E-state index is 0.0759. The SMILES string of the molecule is CCNCC1(OC(C)COCC)CCCC1. The monoisotopic (exact) mass is 229 g/mol. The zero-order chi connectivity index (χ0) is 11.9. The molecular weight excluding hydrogens is 202 g/mol. The minimum Gasteiger partial charge on any atom is -0.379 e. The molecule has 3 heteroatoms. The predicted molar refractivity (Wildman–Crippen MR) is 66.8 cm³/mol. The Hall–Kier alpha value is -0.120. The Labute approximate surface area is 99.9 Å². The van der Waals surface area contributed by atoms with Gasteiger partial charge in [-0.05, 0) is 33.2 Å². The summed E-state index contributed by atoms with van der Waals surface area (Å²) in [4.78, 5) is 0. The second-order valence-corrected chi connectivity index (χ2v) is 4.76. The second kappa shape index (κ2) is 7.25. The standard InChI is InChI=1S/C13H27NO2/c1-4-14-11-13(8-6-7-9-13)16-12(3)10-15-5-2/h12,14H,4-11H2,1-3H3. The Morgan fingerprint density at radius 1 is 1.25 bits per heavy atom. The Bertz CT molecular complexity index is 179. The molecule has 0 aliphatic heterocycles. The van der Waals surface area contributed by atoms with Crippen LogP contribution in [0.25, 0.3) is 0 Å². The van der Waals surface area contributed by atoms with Crippen LogP contribution in [0, 0.1) is 0 Å². The molecule has 0 radical (unpaired) electrons. The molecule has 0 aromatic rings. The van der Waals surface area contributed by atoms with Gasteiger partial charge in [-0.2, -0.15) is 0 Å². The van der Waals surface area contributed by atoms with Gasteiger partial charge in [0.15, 0.2) is 0 Å². The van der Waals surface area contributed by atoms with E-state index in [1.807, 2.05) is 6.92 Å². The van der Waals surface area contributed by atoms with Gasteiger partial charge in [-0.3, -0.25) is 0 Å². The van der Waals surface area contributed by atoms with E-state index < -0.39 is 0 Å². The molecule has 0 aromatic carbocycles. The molecule has 1 aliphatic carbocycles. The van der Waals surface area contributed by atoms with Crippen LogP contribution < -0.4 is 5.32 Å². The van der Waals surface area contributed by atoms with Crippen LogP contribution in [0.5, 0.6) is 0 Å². The van der Waals surface area contributed by atoms with E-state index in [1.54, 1.807) is 0 Å². The van der Waals surface area contributed by atoms with Crippen molar-refractivity contribution in [2.45, 2.75) is 58.2 Å². The molecule has 0 aromatic heterocycles. The highest BCUT2D eigenvalue weighted by atomic mass is 16.5. The van der Waals surface area contributed by atoms with Crippen LogP contribution in [0.15, 0.2) is 0 Å². The highest BCUT2D eigenvalue weighted by Gasteiger charge is 2.35. The first-order chi connectivity index (χ1) is 7.72. The first-order valence-corrected chi connectivity index (χ1v) is 6.68. The van der Waals surface area contributed by atoms with E-state index in [-0.39, 0.29) is 11.7 Å². The summed E-state index contributed by atoms with van der Waals surface area (Å²) in [6.45, 7) is 9.77. The van der Waals surface area contributed by atoms with Crippen molar-refractivity contribution in [2.75, 3.05) is 26.3 Å². The fourth-order valence-electron chi connectivity index (χ4n) is 2.45. The van der Waals surface area contributed by atoms with Crippen LogP contribution in [0.1, 0.15) is 46.5 Å². The van der Waals surface area contributed by atoms with Crippen molar-refractivity contribution in [2.24, 2.45) is 0 Å². The summed E-state index contributed by atoms with van der Waals surface area (Å²) in [6, 6.07) is 0. The molecule has 0 heterocycles. The molecular formula is C13H27NO2. The molecule has 1 atom stereocenters. The molecule has 0 spiro atoms. The predicted octanol–water partition coefficient (Wildman–Crippen LogP) is 2.35. The van der Waals surface area contributed by atoms with E-state index in [9.17, 15) is 0 Å². The van der Waals surface area contributed by atoms with Gasteiger partial charge in [0.25, 0.3) is 0 Å². The smallest absolute Gasteiger partial charge is 0.0811 e. The molecule has 1 rings (SSSR count). The molecule has 1 aliphatic rings. The van der Waals surface area contributed by atoms with Gasteiger partial charge < -0.3 is 14.8 Å². The van der Waals surface area contributed by atoms with E-state index in [0.29, 0.717) is 6.61 Å². The molecule has 1 unspecified atom stereocenters. The van der Waals surface area contributed by atoms with Crippen LogP contribution in [0.2, 0.25) is 0 Å². The van der Waals surface area contributed by atoms with E-state index >= 15 is 0 Å². The van der Waals surface area contributed by atoms with Gasteiger partial charge in [0.1, 0.15) is 0 Å². The maximum atomic E-state index is 6.22. The molecule has 0 saturated heterocycles. The van der Waals surface area contributed by atoms with Crippen LogP contribution in [-0.4, -0.2) is 38.0 Å². The van der Waals surface area contributed by atoms with E-state index in [1.165, 1.54) is 25.7 Å². The maximum absolute atomic E-state index is 6.22. The van der Waals surface area contributed by atoms with Gasteiger partial charge in [-0.25, -0.2) is 0 Å². The first-order valence-electron chi connectivity index (χ1n) is 6.68. The van der Waals surface area contributed by atoms with Gasteiger partial charge in [0.2, 0.25) is 0 Å². The van der Waals surface area contributed by atoms with Crippen molar-refractivity contribution in [3.63, 3.8) is 0 Å². The zero-order valence-electron chi connectivity index (χ0n) is 11.1. The molecule has 0 amide bonds. The molecule has 1 N–H and O–H groups in total. The van der Waals surface area contributed by atoms with Crippen molar-refractivity contribution >= 4 is 0 Å². The summed E-state index contributed by atoms with van der Waals surface area (Å²) in [6.07, 6.45) is 5.18. The second-order valence-electron chi connectivity index (χ2n) is 4.76. The van der Waals surface area contributed by atoms with Crippen LogP contribution in [0.4, 0.5) is 0 Å². The molecule has 16 heavy (non-hydrogen) atoms. The van der Waals surface area contributed by atoms with E-state index in [0.717, 1.165) is 19.7 Å². The minimum absolute atomic E-state index is 0.0759. The largest absolute Gasteiger partial charge is 0.379 e. The fraction of sp³-hybridized carbons (Fsp3) is 1.00. The third-order valence-corrected chi connectivity index (χ3v) is 3.22. The lowest BCUT2D eigenvalue weighted by Crippen LogP contribution is -2.43. The highest BCUT2D eigenvalue weighted by molar-refractivity contribution is 4.89. The number of rotatable bonds is 8. The average Bonchev–Trinajstić information content (AvgIpc) is 2.72. The Kier molecular flexibility index (Phi) is 6.32. The van der Waals surface area contributed by atoms with Crippen molar-refractivity contribution in [1.82, 2.24) is 5.32 Å². The summed E-state index contributed by atoms with van der Waals surface area (Å²) >= 11 is 0. The third kappa shape index (κ3) is 4.40. The first kappa shape index (κ1) is 13.9. The summed E-state index contributed by atoms with van der Waals surface area (Å²) in [5.41, 5.74) is 0.0759. The van der Waals surface area contributed by atoms with Crippen molar-refractivity contribution in [3.05, 3.63) is 0 Å². The van der Waals surface area contributed by atoms with Crippen molar-refractivity contribution in [1.29, 1.82) is 0 Å². The lowest BCUT2D eigenvalue weighted by Gasteiger charge is -2.33. The molecule has 96 valence electrons. The maximum Gasteiger partial charge on any atom is 0.0811 e. The van der Waals surface area contributed by atoms with Crippen molar-refractivity contribution in [3.8, 4) is 0 Å².